The van der Waals surface area contributed by atoms with Crippen LogP contribution in [-0.2, 0) is 0 Å². The first-order valence-corrected chi connectivity index (χ1v) is 1.33. The minimum Gasteiger partial charge on any atom is -0.215 e. The molecule has 0 aromatic rings. The van der Waals surface area contributed by atoms with Gasteiger partial charge in [-0.05, 0) is 5.41 Å². The Bertz CT molecular complexity index is 21.2. The van der Waals surface area contributed by atoms with Crippen LogP contribution in [0, 0.1) is 0 Å². The molecule has 0 aliphatic rings. The van der Waals surface area contributed by atoms with Crippen LogP contribution in [0.15, 0.2) is 11.7 Å². The van der Waals surface area contributed by atoms with Gasteiger partial charge in [0.15, 0.2) is 0 Å². The average Bonchev–Trinajstić information content (AvgIpc) is 1.37. The van der Waals surface area contributed by atoms with Gasteiger partial charge in [0, 0.05) is 0 Å². The fourth-order valence-electron chi connectivity index (χ4n) is 0. The molecule has 0 N–H and O–H groups in total. The van der Waals surface area contributed by atoms with Gasteiger partial charge in [0.05, 0.1) is 6.33 Å². The summed E-state index contributed by atoms with van der Waals surface area (Å²) in [7, 11) is 0. The summed E-state index contributed by atoms with van der Waals surface area (Å²) in [6.45, 7) is 0. The van der Waals surface area contributed by atoms with E-state index in [0.717, 1.165) is 5.41 Å². The molecule has 0 radical (unpaired) electrons. The predicted octanol–water partition coefficient (Wildman–Crippen LogP) is 1.36. The van der Waals surface area contributed by atoms with Gasteiger partial charge in [0.1, 0.15) is 0 Å². The van der Waals surface area contributed by atoms with E-state index in [-0.39, 0.29) is 0 Å². The highest BCUT2D eigenvalue weighted by Gasteiger charge is 1.39. The number of thiol groups is 1. The van der Waals surface area contributed by atoms with Crippen molar-refractivity contribution in [1.29, 1.82) is 0 Å². The molecular weight excluding hydrogens is 75.1 g/mol. The van der Waals surface area contributed by atoms with Crippen molar-refractivity contribution >= 4 is 12.6 Å². The summed E-state index contributed by atoms with van der Waals surface area (Å²) in [6.07, 6.45) is 0.364. The van der Waals surface area contributed by atoms with Crippen LogP contribution < -0.4 is 0 Å². The van der Waals surface area contributed by atoms with Crippen LogP contribution in [-0.4, -0.2) is 0 Å². The zero-order valence-electron chi connectivity index (χ0n) is 1.98. The molecule has 2 heteroatoms. The molecule has 4 heavy (non-hydrogen) atoms. The molecule has 0 heterocycles. The van der Waals surface area contributed by atoms with Crippen LogP contribution in [0.4, 0.5) is 4.39 Å². The molecule has 0 nitrogen and oxygen atoms in total. The van der Waals surface area contributed by atoms with E-state index in [0.29, 0.717) is 6.33 Å². The summed E-state index contributed by atoms with van der Waals surface area (Å²) in [4.78, 5) is 0. The molecule has 24 valence electrons. The van der Waals surface area contributed by atoms with Gasteiger partial charge in [-0.1, -0.05) is 0 Å². The first-order valence-electron chi connectivity index (χ1n) is 0.810. The Hall–Kier alpha value is 0.0200. The molecule has 0 rings (SSSR count). The van der Waals surface area contributed by atoms with Crippen molar-refractivity contribution in [2.45, 2.75) is 0 Å². The standard InChI is InChI=1S/C2H3FS/c3-1-2-4/h1-2,4H. The lowest BCUT2D eigenvalue weighted by Gasteiger charge is -1.45. The molecule has 0 amide bonds. The first-order chi connectivity index (χ1) is 1.91. The number of hydrogen-bond donors (Lipinski definition) is 1. The lowest BCUT2D eigenvalue weighted by molar-refractivity contribution is 0.724. The Morgan fingerprint density at radius 1 is 1.75 bits per heavy atom. The molecule has 0 saturated carbocycles. The van der Waals surface area contributed by atoms with E-state index >= 15 is 0 Å². The topological polar surface area (TPSA) is 0 Å². The molecule has 0 fully saturated rings. The van der Waals surface area contributed by atoms with Crippen LogP contribution in [0.5, 0.6) is 0 Å². The Balaban J connectivity index is 2.55. The molecule has 0 spiro atoms. The highest BCUT2D eigenvalue weighted by Crippen LogP contribution is 1.72. The Morgan fingerprint density at radius 3 is 2.00 bits per heavy atom. The second-order valence-electron chi connectivity index (χ2n) is 0.275. The number of hydrogen-bond acceptors (Lipinski definition) is 1. The van der Waals surface area contributed by atoms with Crippen molar-refractivity contribution in [2.75, 3.05) is 0 Å². The Kier molecular flexibility index (Phi) is 3.04. The normalized spacial score (nSPS) is 9.50. The highest BCUT2D eigenvalue weighted by atomic mass is 32.1. The van der Waals surface area contributed by atoms with Gasteiger partial charge in [0.2, 0.25) is 0 Å². The summed E-state index contributed by atoms with van der Waals surface area (Å²) >= 11 is 3.36. The Morgan fingerprint density at radius 2 is 2.00 bits per heavy atom. The van der Waals surface area contributed by atoms with Crippen LogP contribution >= 0.6 is 12.6 Å². The first kappa shape index (κ1) is 4.02. The largest absolute Gasteiger partial charge is 0.215 e. The summed E-state index contributed by atoms with van der Waals surface area (Å²) in [6, 6.07) is 0. The Labute approximate surface area is 29.7 Å². The minimum atomic E-state index is 0.364. The SMILES string of the molecule is FC=CS. The fourth-order valence-corrected chi connectivity index (χ4v) is 0. The molecule has 0 aromatic heterocycles. The highest BCUT2D eigenvalue weighted by molar-refractivity contribution is 7.83. The predicted molar refractivity (Wildman–Crippen MR) is 19.2 cm³/mol. The number of halogens is 1. The zero-order valence-corrected chi connectivity index (χ0v) is 2.87. The molecule has 0 aliphatic carbocycles. The molecule has 0 saturated heterocycles. The van der Waals surface area contributed by atoms with Crippen LogP contribution in [0.1, 0.15) is 0 Å². The third-order valence-electron chi connectivity index (χ3n) is 0.0563. The maximum absolute atomic E-state index is 10.5. The van der Waals surface area contributed by atoms with Crippen molar-refractivity contribution in [2.24, 2.45) is 0 Å². The molecule has 0 atom stereocenters. The van der Waals surface area contributed by atoms with Gasteiger partial charge >= 0.3 is 0 Å². The van der Waals surface area contributed by atoms with Gasteiger partial charge < -0.3 is 0 Å². The summed E-state index contributed by atoms with van der Waals surface area (Å²) in [5.74, 6) is 0. The van der Waals surface area contributed by atoms with Gasteiger partial charge in [-0.25, -0.2) is 4.39 Å². The van der Waals surface area contributed by atoms with Crippen molar-refractivity contribution in [1.82, 2.24) is 0 Å². The summed E-state index contributed by atoms with van der Waals surface area (Å²) in [5.41, 5.74) is 0. The van der Waals surface area contributed by atoms with Crippen molar-refractivity contribution in [3.8, 4) is 0 Å². The smallest absolute Gasteiger partial charge is 0.0927 e. The lowest BCUT2D eigenvalue weighted by atomic mass is 11.2. The van der Waals surface area contributed by atoms with E-state index in [2.05, 4.69) is 12.6 Å². The molecule has 0 bridgehead atoms. The van der Waals surface area contributed by atoms with Gasteiger partial charge in [-0.3, -0.25) is 0 Å². The quantitative estimate of drug-likeness (QED) is 0.415. The van der Waals surface area contributed by atoms with E-state index in [9.17, 15) is 4.39 Å². The van der Waals surface area contributed by atoms with Crippen LogP contribution in [0.2, 0.25) is 0 Å². The third-order valence-corrected chi connectivity index (χ3v) is 0.169. The fraction of sp³-hybridized carbons (Fsp3) is 0. The maximum atomic E-state index is 10.5. The van der Waals surface area contributed by atoms with E-state index in [1.54, 1.807) is 0 Å². The summed E-state index contributed by atoms with van der Waals surface area (Å²) < 4.78 is 10.5. The van der Waals surface area contributed by atoms with E-state index in [1.807, 2.05) is 0 Å². The lowest BCUT2D eigenvalue weighted by Crippen LogP contribution is -1.15. The summed E-state index contributed by atoms with van der Waals surface area (Å²) in [5, 5.41) is 1.03. The van der Waals surface area contributed by atoms with Crippen molar-refractivity contribution in [3.05, 3.63) is 11.7 Å². The number of rotatable bonds is 0. The monoisotopic (exact) mass is 78.0 g/mol. The minimum absolute atomic E-state index is 0.364. The van der Waals surface area contributed by atoms with Crippen LogP contribution in [0.3, 0.4) is 0 Å². The van der Waals surface area contributed by atoms with Gasteiger partial charge in [-0.15, -0.1) is 12.6 Å². The van der Waals surface area contributed by atoms with Crippen molar-refractivity contribution < 1.29 is 4.39 Å². The van der Waals surface area contributed by atoms with E-state index in [4.69, 9.17) is 0 Å². The maximum Gasteiger partial charge on any atom is 0.0927 e. The van der Waals surface area contributed by atoms with Gasteiger partial charge in [-0.2, -0.15) is 0 Å². The van der Waals surface area contributed by atoms with E-state index < -0.39 is 0 Å². The van der Waals surface area contributed by atoms with Crippen molar-refractivity contribution in [3.63, 3.8) is 0 Å². The van der Waals surface area contributed by atoms with E-state index in [1.165, 1.54) is 0 Å². The molecule has 0 aromatic carbocycles. The third kappa shape index (κ3) is 2.02. The van der Waals surface area contributed by atoms with Crippen LogP contribution in [0.25, 0.3) is 0 Å². The molecule has 0 aliphatic heterocycles. The zero-order chi connectivity index (χ0) is 3.41. The molecule has 0 unspecified atom stereocenters. The second-order valence-corrected chi connectivity index (χ2v) is 0.573. The second kappa shape index (κ2) is 3.02. The molecular formula is C2H3FS. The van der Waals surface area contributed by atoms with Gasteiger partial charge in [0.25, 0.3) is 0 Å². The average molecular weight is 78.1 g/mol.